The summed E-state index contributed by atoms with van der Waals surface area (Å²) < 4.78 is 5.41. The molecule has 2 aliphatic heterocycles. The monoisotopic (exact) mass is 280 g/mol. The number of ether oxygens (including phenoxy) is 1. The molecule has 5 heteroatoms. The minimum atomic E-state index is -0.360. The molecule has 2 rings (SSSR count). The molecular formula is C15H24N2O3. The molecule has 0 bridgehead atoms. The number of allylic oxidation sites excluding steroid dienone is 1. The Morgan fingerprint density at radius 2 is 1.70 bits per heavy atom. The van der Waals surface area contributed by atoms with Crippen LogP contribution in [0.4, 0.5) is 0 Å². The Labute approximate surface area is 120 Å². The number of piperazine rings is 1. The normalized spacial score (nSPS) is 20.2. The smallest absolute Gasteiger partial charge is 0.288 e. The van der Waals surface area contributed by atoms with Crippen LogP contribution < -0.4 is 0 Å². The summed E-state index contributed by atoms with van der Waals surface area (Å²) in [6.45, 7) is 8.78. The summed E-state index contributed by atoms with van der Waals surface area (Å²) in [6, 6.07) is 0. The molecule has 0 unspecified atom stereocenters. The number of carbonyl (C=O) groups excluding carboxylic acids is 2. The van der Waals surface area contributed by atoms with E-state index in [1.807, 2.05) is 31.7 Å². The molecule has 0 atom stereocenters. The summed E-state index contributed by atoms with van der Waals surface area (Å²) in [7, 11) is 0. The van der Waals surface area contributed by atoms with Crippen LogP contribution in [0.1, 0.15) is 33.6 Å². The highest BCUT2D eigenvalue weighted by Crippen LogP contribution is 2.20. The maximum atomic E-state index is 12.3. The number of hydrogen-bond acceptors (Lipinski definition) is 3. The van der Waals surface area contributed by atoms with Gasteiger partial charge in [0, 0.05) is 31.6 Å². The maximum Gasteiger partial charge on any atom is 0.288 e. The van der Waals surface area contributed by atoms with E-state index in [9.17, 15) is 9.59 Å². The maximum absolute atomic E-state index is 12.3. The van der Waals surface area contributed by atoms with Gasteiger partial charge in [-0.3, -0.25) is 9.59 Å². The van der Waals surface area contributed by atoms with Gasteiger partial charge in [0.25, 0.3) is 5.91 Å². The molecule has 1 fully saturated rings. The zero-order valence-electron chi connectivity index (χ0n) is 12.6. The van der Waals surface area contributed by atoms with E-state index < -0.39 is 0 Å². The molecule has 112 valence electrons. The summed E-state index contributed by atoms with van der Waals surface area (Å²) in [5.74, 6) is 0.595. The summed E-state index contributed by atoms with van der Waals surface area (Å²) >= 11 is 0. The summed E-state index contributed by atoms with van der Waals surface area (Å²) in [4.78, 5) is 28.1. The van der Waals surface area contributed by atoms with Crippen LogP contribution >= 0.6 is 0 Å². The highest BCUT2D eigenvalue weighted by Gasteiger charge is 2.31. The van der Waals surface area contributed by atoms with Crippen molar-refractivity contribution in [2.75, 3.05) is 32.8 Å². The molecule has 1 saturated heterocycles. The van der Waals surface area contributed by atoms with Gasteiger partial charge in [-0.25, -0.2) is 0 Å². The molecule has 0 saturated carbocycles. The van der Waals surface area contributed by atoms with E-state index in [-0.39, 0.29) is 17.2 Å². The van der Waals surface area contributed by atoms with E-state index in [0.29, 0.717) is 38.5 Å². The molecule has 0 radical (unpaired) electrons. The van der Waals surface area contributed by atoms with E-state index in [1.165, 1.54) is 0 Å². The van der Waals surface area contributed by atoms with Gasteiger partial charge in [-0.2, -0.15) is 0 Å². The van der Waals surface area contributed by atoms with Crippen LogP contribution in [0, 0.1) is 5.41 Å². The van der Waals surface area contributed by atoms with Crippen LogP contribution in [0.15, 0.2) is 11.8 Å². The summed E-state index contributed by atoms with van der Waals surface area (Å²) in [5, 5.41) is 0. The zero-order chi connectivity index (χ0) is 14.8. The molecule has 0 aromatic carbocycles. The minimum absolute atomic E-state index is 0.0347. The number of hydrogen-bond donors (Lipinski definition) is 0. The Balaban J connectivity index is 1.89. The molecule has 0 N–H and O–H groups in total. The van der Waals surface area contributed by atoms with Gasteiger partial charge in [0.2, 0.25) is 5.91 Å². The molecule has 0 aromatic rings. The van der Waals surface area contributed by atoms with E-state index in [0.717, 1.165) is 12.8 Å². The first-order chi connectivity index (χ1) is 9.39. The van der Waals surface area contributed by atoms with Crippen LogP contribution in [0.25, 0.3) is 0 Å². The first-order valence-corrected chi connectivity index (χ1v) is 7.31. The highest BCUT2D eigenvalue weighted by atomic mass is 16.5. The van der Waals surface area contributed by atoms with E-state index in [4.69, 9.17) is 4.74 Å². The topological polar surface area (TPSA) is 49.9 Å². The van der Waals surface area contributed by atoms with Crippen molar-refractivity contribution < 1.29 is 14.3 Å². The Bertz CT molecular complexity index is 415. The second-order valence-corrected chi connectivity index (χ2v) is 6.39. The molecule has 2 heterocycles. The van der Waals surface area contributed by atoms with Crippen LogP contribution in [0.3, 0.4) is 0 Å². The van der Waals surface area contributed by atoms with Crippen molar-refractivity contribution in [1.82, 2.24) is 9.80 Å². The fourth-order valence-corrected chi connectivity index (χ4v) is 2.45. The third-order valence-electron chi connectivity index (χ3n) is 3.64. The first-order valence-electron chi connectivity index (χ1n) is 7.31. The Hall–Kier alpha value is -1.52. The zero-order valence-corrected chi connectivity index (χ0v) is 12.6. The van der Waals surface area contributed by atoms with Crippen molar-refractivity contribution in [3.8, 4) is 0 Å². The lowest BCUT2D eigenvalue weighted by Crippen LogP contribution is -2.53. The summed E-state index contributed by atoms with van der Waals surface area (Å²) in [6.07, 6.45) is 3.76. The second-order valence-electron chi connectivity index (χ2n) is 6.39. The minimum Gasteiger partial charge on any atom is -0.488 e. The van der Waals surface area contributed by atoms with Crippen LogP contribution in [0.2, 0.25) is 0 Å². The van der Waals surface area contributed by atoms with Crippen molar-refractivity contribution in [1.29, 1.82) is 0 Å². The van der Waals surface area contributed by atoms with Crippen molar-refractivity contribution in [3.63, 3.8) is 0 Å². The van der Waals surface area contributed by atoms with Gasteiger partial charge in [-0.15, -0.1) is 0 Å². The lowest BCUT2D eigenvalue weighted by molar-refractivity contribution is -0.144. The van der Waals surface area contributed by atoms with Crippen molar-refractivity contribution in [2.45, 2.75) is 33.6 Å². The van der Waals surface area contributed by atoms with Crippen LogP contribution in [-0.4, -0.2) is 54.4 Å². The van der Waals surface area contributed by atoms with E-state index in [2.05, 4.69) is 0 Å². The standard InChI is InChI=1S/C15H24N2O3/c1-15(2,3)14(19)17-9-7-16(8-10-17)13(18)12-6-4-5-11-20-12/h6H,4-5,7-11H2,1-3H3. The van der Waals surface area contributed by atoms with E-state index >= 15 is 0 Å². The molecule has 20 heavy (non-hydrogen) atoms. The van der Waals surface area contributed by atoms with Gasteiger partial charge >= 0.3 is 0 Å². The number of nitrogens with zero attached hydrogens (tertiary/aromatic N) is 2. The van der Waals surface area contributed by atoms with Gasteiger partial charge in [-0.05, 0) is 18.9 Å². The fourth-order valence-electron chi connectivity index (χ4n) is 2.45. The summed E-state index contributed by atoms with van der Waals surface area (Å²) in [5.41, 5.74) is -0.360. The van der Waals surface area contributed by atoms with Gasteiger partial charge in [0.05, 0.1) is 6.61 Å². The molecular weight excluding hydrogens is 256 g/mol. The lowest BCUT2D eigenvalue weighted by Gasteiger charge is -2.38. The number of rotatable bonds is 1. The molecule has 2 amide bonds. The number of carbonyl (C=O) groups is 2. The van der Waals surface area contributed by atoms with Gasteiger partial charge in [0.1, 0.15) is 0 Å². The van der Waals surface area contributed by atoms with Crippen LogP contribution in [0.5, 0.6) is 0 Å². The number of amides is 2. The average molecular weight is 280 g/mol. The van der Waals surface area contributed by atoms with Crippen LogP contribution in [-0.2, 0) is 14.3 Å². The third kappa shape index (κ3) is 3.32. The largest absolute Gasteiger partial charge is 0.488 e. The predicted molar refractivity (Wildman–Crippen MR) is 75.9 cm³/mol. The third-order valence-corrected chi connectivity index (χ3v) is 3.64. The quantitative estimate of drug-likeness (QED) is 0.729. The Morgan fingerprint density at radius 3 is 2.20 bits per heavy atom. The Kier molecular flexibility index (Phi) is 4.35. The van der Waals surface area contributed by atoms with Crippen molar-refractivity contribution >= 4 is 11.8 Å². The fraction of sp³-hybridized carbons (Fsp3) is 0.733. The SMILES string of the molecule is CC(C)(C)C(=O)N1CCN(C(=O)C2=CCCCO2)CC1. The van der Waals surface area contributed by atoms with Gasteiger partial charge in [0.15, 0.2) is 5.76 Å². The average Bonchev–Trinajstić information content (AvgIpc) is 2.46. The molecule has 2 aliphatic rings. The molecule has 5 nitrogen and oxygen atoms in total. The second kappa shape index (κ2) is 5.85. The van der Waals surface area contributed by atoms with Gasteiger partial charge in [-0.1, -0.05) is 20.8 Å². The predicted octanol–water partition coefficient (Wildman–Crippen LogP) is 1.40. The van der Waals surface area contributed by atoms with E-state index in [1.54, 1.807) is 4.90 Å². The lowest BCUT2D eigenvalue weighted by atomic mass is 9.94. The van der Waals surface area contributed by atoms with Crippen molar-refractivity contribution in [3.05, 3.63) is 11.8 Å². The molecule has 0 aromatic heterocycles. The molecule has 0 aliphatic carbocycles. The molecule has 0 spiro atoms. The first kappa shape index (κ1) is 14.9. The highest BCUT2D eigenvalue weighted by molar-refractivity contribution is 5.91. The Morgan fingerprint density at radius 1 is 1.10 bits per heavy atom. The van der Waals surface area contributed by atoms with Gasteiger partial charge < -0.3 is 14.5 Å². The van der Waals surface area contributed by atoms with Crippen molar-refractivity contribution in [2.24, 2.45) is 5.41 Å².